The second kappa shape index (κ2) is 31.5. The topological polar surface area (TPSA) is 277 Å². The van der Waals surface area contributed by atoms with E-state index in [1.807, 2.05) is 19.9 Å². The standard InChI is InChI=1S/C19H34O6P2.C19H35O5P2.3H2O/c1-17(2)11-8-6-5-7-9-12-18(3)13-10-14-19(4)15-16-24-26(20)25-27(21,22)23;1-14(11-13-23-26(21,22)24-25-20)7-9-16-15(2)8-10-18-17(16)6-5-12-19(18,3)4;;;/h5,7,11,13,15,20H,6,8-10,12,14,16H2,1-4H3,(H2,21,22,23);11,16-18,20-22,25H,2,5-10,12-13H2,1,3-4H3;3*1H2/q;+1;;;/p-2/b7-5+,18-13+,19-15+;14-11+;;;/t;16-,17?,18?;;;/m.1.../s1. The lowest BCUT2D eigenvalue weighted by Crippen LogP contribution is -2.41. The van der Waals surface area contributed by atoms with Gasteiger partial charge in [-0.25, -0.2) is 4.89 Å². The monoisotopic (exact) mass is 877 g/mol. The fourth-order valence-electron chi connectivity index (χ4n) is 7.05. The van der Waals surface area contributed by atoms with E-state index in [9.17, 15) is 19.6 Å². The highest BCUT2D eigenvalue weighted by Gasteiger charge is 2.44. The Labute approximate surface area is 340 Å². The van der Waals surface area contributed by atoms with Gasteiger partial charge in [-0.2, -0.15) is 9.79 Å². The molecule has 2 rings (SSSR count). The lowest BCUT2D eigenvalue weighted by Gasteiger charge is -2.51. The minimum Gasteiger partial charge on any atom is -0.870 e. The Bertz CT molecular complexity index is 1230. The third-order valence-electron chi connectivity index (χ3n) is 9.96. The molecule has 0 bridgehead atoms. The molecule has 0 aliphatic heterocycles. The van der Waals surface area contributed by atoms with Gasteiger partial charge in [-0.15, -0.1) is 13.1 Å². The molecule has 0 aromatic rings. The molecule has 14 nitrogen and oxygen atoms in total. The van der Waals surface area contributed by atoms with Crippen LogP contribution in [0.25, 0.3) is 0 Å². The summed E-state index contributed by atoms with van der Waals surface area (Å²) in [6.45, 7) is 19.7. The van der Waals surface area contributed by atoms with Crippen molar-refractivity contribution in [2.75, 3.05) is 13.2 Å². The molecule has 2 fully saturated rings. The van der Waals surface area contributed by atoms with E-state index < -0.39 is 34.0 Å². The van der Waals surface area contributed by atoms with E-state index >= 15 is 0 Å². The van der Waals surface area contributed by atoms with Crippen LogP contribution in [0.2, 0.25) is 0 Å². The van der Waals surface area contributed by atoms with Gasteiger partial charge in [0.2, 0.25) is 17.2 Å². The van der Waals surface area contributed by atoms with Crippen LogP contribution in [0, 0.1) is 23.2 Å². The molecule has 0 heterocycles. The van der Waals surface area contributed by atoms with Gasteiger partial charge in [0.05, 0.1) is 6.61 Å². The summed E-state index contributed by atoms with van der Waals surface area (Å²) in [6, 6.07) is 0. The predicted octanol–water partition coefficient (Wildman–Crippen LogP) is 7.88. The zero-order valence-corrected chi connectivity index (χ0v) is 38.2. The van der Waals surface area contributed by atoms with Gasteiger partial charge in [-0.3, -0.25) is 0 Å². The van der Waals surface area contributed by atoms with Crippen molar-refractivity contribution in [2.45, 2.75) is 132 Å². The van der Waals surface area contributed by atoms with Crippen molar-refractivity contribution in [1.82, 2.24) is 0 Å². The van der Waals surface area contributed by atoms with Gasteiger partial charge >= 0.3 is 16.8 Å². The van der Waals surface area contributed by atoms with Gasteiger partial charge in [0.15, 0.2) is 0 Å². The number of hydrogen-bond donors (Lipinski definition) is 5. The summed E-state index contributed by atoms with van der Waals surface area (Å²) in [7, 11) is -12.5. The number of allylic oxidation sites excluding steroid dienone is 9. The van der Waals surface area contributed by atoms with E-state index in [0.717, 1.165) is 75.2 Å². The molecule has 18 heteroatoms. The summed E-state index contributed by atoms with van der Waals surface area (Å²) in [5.41, 5.74) is 6.82. The van der Waals surface area contributed by atoms with Gasteiger partial charge in [0, 0.05) is 0 Å². The predicted molar refractivity (Wildman–Crippen MR) is 227 cm³/mol. The smallest absolute Gasteiger partial charge is 0.575 e. The molecule has 0 radical (unpaired) electrons. The molecule has 10 N–H and O–H groups in total. The summed E-state index contributed by atoms with van der Waals surface area (Å²) >= 11 is 0. The van der Waals surface area contributed by atoms with Gasteiger partial charge in [-0.1, -0.05) is 91.2 Å². The molecule has 56 heavy (non-hydrogen) atoms. The van der Waals surface area contributed by atoms with Gasteiger partial charge < -0.3 is 40.5 Å². The fraction of sp³-hybridized carbons (Fsp3) is 0.684. The second-order valence-electron chi connectivity index (χ2n) is 15.1. The molecule has 0 aromatic carbocycles. The zero-order chi connectivity index (χ0) is 40.1. The Kier molecular flexibility index (Phi) is 33.7. The summed E-state index contributed by atoms with van der Waals surface area (Å²) in [5.74, 6) is 2.17. The number of hydrogen-bond acceptors (Lipinski definition) is 12. The second-order valence-corrected chi connectivity index (χ2v) is 19.6. The van der Waals surface area contributed by atoms with Crippen LogP contribution >= 0.6 is 34.0 Å². The van der Waals surface area contributed by atoms with Crippen LogP contribution in [-0.4, -0.2) is 54.1 Å². The highest BCUT2D eigenvalue weighted by Crippen LogP contribution is 2.57. The summed E-state index contributed by atoms with van der Waals surface area (Å²) < 4.78 is 18.0. The van der Waals surface area contributed by atoms with Crippen molar-refractivity contribution < 1.29 is 68.4 Å². The van der Waals surface area contributed by atoms with Crippen molar-refractivity contribution in [2.24, 2.45) is 23.2 Å². The van der Waals surface area contributed by atoms with Crippen LogP contribution in [0.15, 0.2) is 70.9 Å². The molecule has 0 amide bonds. The molecular formula is C38H73O14P4-. The van der Waals surface area contributed by atoms with Gasteiger partial charge in [-0.05, 0) is 135 Å². The summed E-state index contributed by atoms with van der Waals surface area (Å²) in [6.07, 6.45) is 27.1. The van der Waals surface area contributed by atoms with Crippen molar-refractivity contribution in [3.8, 4) is 0 Å². The minimum atomic E-state index is -4.97. The Morgan fingerprint density at radius 1 is 0.875 bits per heavy atom. The van der Waals surface area contributed by atoms with Gasteiger partial charge in [0.25, 0.3) is 0 Å². The van der Waals surface area contributed by atoms with Crippen molar-refractivity contribution in [3.63, 3.8) is 0 Å². The van der Waals surface area contributed by atoms with Crippen LogP contribution in [0.4, 0.5) is 0 Å². The fourth-order valence-corrected chi connectivity index (χ4v) is 9.06. The first-order chi connectivity index (χ1) is 24.8. The van der Waals surface area contributed by atoms with E-state index in [-0.39, 0.29) is 29.6 Å². The average Bonchev–Trinajstić information content (AvgIpc) is 3.03. The zero-order valence-electron chi connectivity index (χ0n) is 34.5. The Morgan fingerprint density at radius 3 is 2.09 bits per heavy atom. The van der Waals surface area contributed by atoms with Crippen LogP contribution in [0.1, 0.15) is 132 Å². The molecule has 0 saturated heterocycles. The van der Waals surface area contributed by atoms with Crippen molar-refractivity contribution >= 4 is 34.0 Å². The third-order valence-corrected chi connectivity index (χ3v) is 13.5. The minimum absolute atomic E-state index is 0. The Balaban J connectivity index is -0.000000952. The van der Waals surface area contributed by atoms with E-state index in [0.29, 0.717) is 11.3 Å². The molecule has 2 aliphatic carbocycles. The summed E-state index contributed by atoms with van der Waals surface area (Å²) in [5, 5.41) is 0. The van der Waals surface area contributed by atoms with Crippen LogP contribution in [-0.2, 0) is 17.7 Å². The van der Waals surface area contributed by atoms with Crippen LogP contribution < -0.4 is 9.79 Å². The van der Waals surface area contributed by atoms with E-state index in [1.54, 1.807) is 6.08 Å². The molecule has 5 atom stereocenters. The maximum Gasteiger partial charge on any atom is 0.575 e. The SMILES string of the molecule is C=C1CCC2C(CCCC2(C)C)[C@@H]1CC/C(C)=C/CO[P+](O)(O)OPO.CC(C)=CCC/C=C/CC/C(C)=C/CC/C(C)=C/COP(O)O[P+]([O-])([O-])O.O.O.[OH-]. The maximum absolute atomic E-state index is 10.4. The molecule has 0 spiro atoms. The molecule has 330 valence electrons. The van der Waals surface area contributed by atoms with E-state index in [1.165, 1.54) is 48.0 Å². The molecule has 2 saturated carbocycles. The first kappa shape index (κ1) is 59.9. The van der Waals surface area contributed by atoms with Crippen molar-refractivity contribution in [3.05, 3.63) is 70.9 Å². The summed E-state index contributed by atoms with van der Waals surface area (Å²) in [4.78, 5) is 65.8. The Hall–Kier alpha value is -0.400. The number of phosphoric acid groups is 1. The van der Waals surface area contributed by atoms with E-state index in [2.05, 4.69) is 74.1 Å². The lowest BCUT2D eigenvalue weighted by molar-refractivity contribution is -0.353. The number of unbranched alkanes of at least 4 members (excludes halogenated alkanes) is 1. The molecule has 2 aliphatic rings. The molecule has 4 unspecified atom stereocenters. The largest absolute Gasteiger partial charge is 0.870 e. The van der Waals surface area contributed by atoms with E-state index in [4.69, 9.17) is 23.7 Å². The normalized spacial score (nSPS) is 21.0. The molecule has 0 aromatic heterocycles. The van der Waals surface area contributed by atoms with Gasteiger partial charge in [0.1, 0.15) is 6.61 Å². The lowest BCUT2D eigenvalue weighted by atomic mass is 9.54. The maximum atomic E-state index is 10.4. The first-order valence-corrected chi connectivity index (χ1v) is 23.6. The molecular weight excluding hydrogens is 804 g/mol. The average molecular weight is 878 g/mol. The highest BCUT2D eigenvalue weighted by atomic mass is 31.3. The number of rotatable bonds is 22. The van der Waals surface area contributed by atoms with Crippen LogP contribution in [0.5, 0.6) is 0 Å². The van der Waals surface area contributed by atoms with Crippen molar-refractivity contribution in [1.29, 1.82) is 0 Å². The van der Waals surface area contributed by atoms with Crippen LogP contribution in [0.3, 0.4) is 0 Å². The Morgan fingerprint density at radius 2 is 1.46 bits per heavy atom. The highest BCUT2D eigenvalue weighted by molar-refractivity contribution is 7.60. The third kappa shape index (κ3) is 28.1. The number of fused-ring (bicyclic) bond motifs is 1. The first-order valence-electron chi connectivity index (χ1n) is 18.6. The quantitative estimate of drug-likeness (QED) is 0.0395.